The van der Waals surface area contributed by atoms with E-state index in [1.165, 1.54) is 12.1 Å². The number of carbonyl (C=O) groups excluding carboxylic acids is 2. The molecule has 292 valence electrons. The summed E-state index contributed by atoms with van der Waals surface area (Å²) in [6.07, 6.45) is 11.8. The largest absolute Gasteiger partial charge is 0.383 e. The number of hydrogen-bond donors (Lipinski definition) is 3. The molecule has 1 aromatic carbocycles. The number of rotatable bonds is 10. The Morgan fingerprint density at radius 1 is 1.05 bits per heavy atom. The number of nitrogens with zero attached hydrogens (tertiary/aromatic N) is 11. The maximum absolute atomic E-state index is 12.3. The summed E-state index contributed by atoms with van der Waals surface area (Å²) in [5.41, 5.74) is 11.1. The zero-order valence-electron chi connectivity index (χ0n) is 32.2. The van der Waals surface area contributed by atoms with Gasteiger partial charge in [0.15, 0.2) is 11.5 Å². The normalized spacial score (nSPS) is 22.1. The van der Waals surface area contributed by atoms with Crippen LogP contribution in [0.15, 0.2) is 55.0 Å². The first-order valence-electron chi connectivity index (χ1n) is 19.7. The number of carbonyl (C=O) groups is 2. The lowest BCUT2D eigenvalue weighted by molar-refractivity contribution is -0.134. The van der Waals surface area contributed by atoms with Gasteiger partial charge in [-0.15, -0.1) is 5.10 Å². The van der Waals surface area contributed by atoms with Crippen molar-refractivity contribution in [3.63, 3.8) is 0 Å². The van der Waals surface area contributed by atoms with Crippen LogP contribution in [0.5, 0.6) is 0 Å². The van der Waals surface area contributed by atoms with Crippen LogP contribution in [0.25, 0.3) is 22.5 Å². The predicted molar refractivity (Wildman–Crippen MR) is 214 cm³/mol. The molecule has 3 aliphatic rings. The zero-order chi connectivity index (χ0) is 39.6. The number of hydrogen-bond acceptors (Lipinski definition) is 13. The molecule has 3 fully saturated rings. The van der Waals surface area contributed by atoms with Crippen molar-refractivity contribution in [2.45, 2.75) is 82.7 Å². The van der Waals surface area contributed by atoms with E-state index in [0.717, 1.165) is 63.1 Å². The number of piperidine rings is 1. The fourth-order valence-corrected chi connectivity index (χ4v) is 8.57. The van der Waals surface area contributed by atoms with Crippen LogP contribution < -0.4 is 21.3 Å². The van der Waals surface area contributed by atoms with E-state index < -0.39 is 6.04 Å². The third-order valence-electron chi connectivity index (χ3n) is 11.8. The highest BCUT2D eigenvalue weighted by Crippen LogP contribution is 2.37. The molecule has 8 rings (SSSR count). The van der Waals surface area contributed by atoms with Gasteiger partial charge in [-0.25, -0.2) is 14.6 Å². The van der Waals surface area contributed by atoms with Gasteiger partial charge >= 0.3 is 0 Å². The molecule has 0 bridgehead atoms. The number of aromatic nitrogens is 7. The van der Waals surface area contributed by atoms with E-state index >= 15 is 0 Å². The zero-order valence-corrected chi connectivity index (χ0v) is 32.2. The van der Waals surface area contributed by atoms with E-state index in [0.29, 0.717) is 58.9 Å². The Labute approximate surface area is 330 Å². The Morgan fingerprint density at radius 3 is 2.60 bits per heavy atom. The third kappa shape index (κ3) is 7.86. The van der Waals surface area contributed by atoms with Crippen molar-refractivity contribution in [3.8, 4) is 23.6 Å². The maximum atomic E-state index is 12.3. The minimum absolute atomic E-state index is 0.114. The molecule has 16 heteroatoms. The number of pyridine rings is 2. The summed E-state index contributed by atoms with van der Waals surface area (Å²) in [5, 5.41) is 38.9. The number of nitrogens with two attached hydrogens (primary N) is 1. The SMILES string of the molecule is C[C@H](C#N)Nc1cc(-n2ncc3cc(C#N)c(N)nc32)ncc1-n1cc(C2CCC(CCN3CCN(c4ccc(C5CCC(=O)NC5=O)cc4)[C@H](C)C3)CC2)nn1. The fraction of sp³-hybridized carbons (Fsp3) is 0.439. The van der Waals surface area contributed by atoms with E-state index in [9.17, 15) is 20.1 Å². The topological polar surface area (TPSA) is 213 Å². The lowest BCUT2D eigenvalue weighted by Gasteiger charge is -2.42. The average molecular weight is 767 g/mol. The smallest absolute Gasteiger partial charge is 0.234 e. The highest BCUT2D eigenvalue weighted by Gasteiger charge is 2.30. The summed E-state index contributed by atoms with van der Waals surface area (Å²) >= 11 is 0. The van der Waals surface area contributed by atoms with Gasteiger partial charge in [-0.1, -0.05) is 17.3 Å². The Kier molecular flexibility index (Phi) is 10.5. The summed E-state index contributed by atoms with van der Waals surface area (Å²) in [4.78, 5) is 38.0. The van der Waals surface area contributed by atoms with Gasteiger partial charge in [0.1, 0.15) is 23.6 Å². The minimum Gasteiger partial charge on any atom is -0.383 e. The van der Waals surface area contributed by atoms with Gasteiger partial charge in [0.05, 0.1) is 47.5 Å². The molecule has 57 heavy (non-hydrogen) atoms. The van der Waals surface area contributed by atoms with Crippen LogP contribution in [0.2, 0.25) is 0 Å². The standard InChI is InChI=1S/C41H46N14O2/c1-25(19-42)47-34-18-37(55-40-31(21-46-55)17-30(20-43)39(44)49-40)45-22-36(34)54-24-35(50-51-54)29-5-3-27(4-6-29)13-14-52-15-16-53(26(2)23-52)32-9-7-28(8-10-32)33-11-12-38(56)48-41(33)57/h7-10,17-18,21-22,24-27,29,33H,3-6,11-16,23H2,1-2H3,(H2,44,49)(H,45,47)(H,48,56,57)/t25-,26-,27?,29?,33?/m1/s1. The molecule has 2 aliphatic heterocycles. The molecule has 2 amide bonds. The van der Waals surface area contributed by atoms with E-state index in [1.54, 1.807) is 40.8 Å². The fourth-order valence-electron chi connectivity index (χ4n) is 8.57. The second kappa shape index (κ2) is 16.0. The third-order valence-corrected chi connectivity index (χ3v) is 11.8. The van der Waals surface area contributed by atoms with E-state index in [4.69, 9.17) is 5.73 Å². The number of nitrogen functional groups attached to an aromatic ring is 1. The number of fused-ring (bicyclic) bond motifs is 1. The van der Waals surface area contributed by atoms with Crippen LogP contribution in [0, 0.1) is 28.6 Å². The van der Waals surface area contributed by atoms with Gasteiger partial charge in [0.25, 0.3) is 0 Å². The molecule has 6 heterocycles. The van der Waals surface area contributed by atoms with Crippen LogP contribution in [0.1, 0.15) is 87.4 Å². The van der Waals surface area contributed by atoms with Crippen LogP contribution >= 0.6 is 0 Å². The number of anilines is 3. The molecule has 4 N–H and O–H groups in total. The second-order valence-electron chi connectivity index (χ2n) is 15.6. The molecule has 3 atom stereocenters. The Balaban J connectivity index is 0.854. The first-order valence-corrected chi connectivity index (χ1v) is 19.7. The quantitative estimate of drug-likeness (QED) is 0.167. The van der Waals surface area contributed by atoms with Gasteiger partial charge < -0.3 is 16.0 Å². The molecule has 0 spiro atoms. The summed E-state index contributed by atoms with van der Waals surface area (Å²) in [7, 11) is 0. The first-order chi connectivity index (χ1) is 27.7. The molecule has 4 aromatic heterocycles. The van der Waals surface area contributed by atoms with Crippen molar-refractivity contribution >= 4 is 40.0 Å². The number of imide groups is 1. The summed E-state index contributed by atoms with van der Waals surface area (Å²) in [6, 6.07) is 15.9. The summed E-state index contributed by atoms with van der Waals surface area (Å²) in [6.45, 7) is 8.15. The summed E-state index contributed by atoms with van der Waals surface area (Å²) in [5.74, 6) is 0.941. The number of piperazine rings is 1. The average Bonchev–Trinajstić information content (AvgIpc) is 3.88. The van der Waals surface area contributed by atoms with E-state index in [-0.39, 0.29) is 29.1 Å². The van der Waals surface area contributed by atoms with Crippen LogP contribution in [-0.4, -0.2) is 89.7 Å². The highest BCUT2D eigenvalue weighted by atomic mass is 16.2. The molecule has 5 aromatic rings. The molecule has 16 nitrogen and oxygen atoms in total. The molecule has 1 unspecified atom stereocenters. The van der Waals surface area contributed by atoms with Crippen molar-refractivity contribution in [2.75, 3.05) is 42.1 Å². The molecular weight excluding hydrogens is 721 g/mol. The van der Waals surface area contributed by atoms with Crippen molar-refractivity contribution < 1.29 is 9.59 Å². The Hall–Kier alpha value is -6.39. The second-order valence-corrected chi connectivity index (χ2v) is 15.6. The molecule has 2 saturated heterocycles. The van der Waals surface area contributed by atoms with Crippen LogP contribution in [0.4, 0.5) is 17.2 Å². The van der Waals surface area contributed by atoms with Crippen molar-refractivity contribution in [3.05, 3.63) is 71.8 Å². The van der Waals surface area contributed by atoms with Crippen LogP contribution in [0.3, 0.4) is 0 Å². The number of amides is 2. The van der Waals surface area contributed by atoms with Crippen molar-refractivity contribution in [1.29, 1.82) is 10.5 Å². The van der Waals surface area contributed by atoms with Gasteiger partial charge in [0.2, 0.25) is 11.8 Å². The summed E-state index contributed by atoms with van der Waals surface area (Å²) < 4.78 is 3.27. The van der Waals surface area contributed by atoms with Crippen LogP contribution in [-0.2, 0) is 9.59 Å². The lowest BCUT2D eigenvalue weighted by atomic mass is 9.79. The Morgan fingerprint density at radius 2 is 1.86 bits per heavy atom. The molecular formula is C41H46N14O2. The lowest BCUT2D eigenvalue weighted by Crippen LogP contribution is -2.52. The monoisotopic (exact) mass is 766 g/mol. The van der Waals surface area contributed by atoms with Gasteiger partial charge in [-0.3, -0.25) is 19.8 Å². The number of benzene rings is 1. The highest BCUT2D eigenvalue weighted by molar-refractivity contribution is 6.01. The van der Waals surface area contributed by atoms with E-state index in [1.807, 2.05) is 24.4 Å². The van der Waals surface area contributed by atoms with Gasteiger partial charge in [0, 0.05) is 55.2 Å². The molecule has 1 aliphatic carbocycles. The van der Waals surface area contributed by atoms with Crippen molar-refractivity contribution in [2.24, 2.45) is 5.92 Å². The Bertz CT molecular complexity index is 2360. The maximum Gasteiger partial charge on any atom is 0.234 e. The van der Waals surface area contributed by atoms with Gasteiger partial charge in [-0.05, 0) is 88.6 Å². The van der Waals surface area contributed by atoms with E-state index in [2.05, 4.69) is 70.9 Å². The first kappa shape index (κ1) is 37.5. The predicted octanol–water partition coefficient (Wildman–Crippen LogP) is 4.57. The van der Waals surface area contributed by atoms with Gasteiger partial charge in [-0.2, -0.15) is 20.3 Å². The number of nitrogens with one attached hydrogen (secondary N) is 2. The van der Waals surface area contributed by atoms with Crippen molar-refractivity contribution in [1.82, 2.24) is 45.0 Å². The molecule has 0 radical (unpaired) electrons. The molecule has 1 saturated carbocycles. The number of nitriles is 2. The minimum atomic E-state index is -0.489.